The molecule has 0 atom stereocenters. The molecular formula is C19H22O. The second-order valence-electron chi connectivity index (χ2n) is 7.18. The van der Waals surface area contributed by atoms with Crippen molar-refractivity contribution in [3.8, 4) is 0 Å². The average molecular weight is 266 g/mol. The first-order valence-electron chi connectivity index (χ1n) is 8.01. The summed E-state index contributed by atoms with van der Waals surface area (Å²) in [5, 5.41) is 0. The van der Waals surface area contributed by atoms with Gasteiger partial charge in [0.1, 0.15) is 0 Å². The fraction of sp³-hybridized carbons (Fsp3) is 0.526. The first-order valence-corrected chi connectivity index (χ1v) is 8.01. The normalized spacial score (nSPS) is 34.4. The van der Waals surface area contributed by atoms with Crippen molar-refractivity contribution in [1.29, 1.82) is 0 Å². The minimum Gasteiger partial charge on any atom is -0.289 e. The monoisotopic (exact) mass is 266 g/mol. The van der Waals surface area contributed by atoms with Gasteiger partial charge in [-0.05, 0) is 68.8 Å². The van der Waals surface area contributed by atoms with Crippen LogP contribution >= 0.6 is 0 Å². The molecule has 4 bridgehead atoms. The van der Waals surface area contributed by atoms with Gasteiger partial charge in [-0.2, -0.15) is 0 Å². The summed E-state index contributed by atoms with van der Waals surface area (Å²) in [7, 11) is 0. The molecular weight excluding hydrogens is 244 g/mol. The van der Waals surface area contributed by atoms with Gasteiger partial charge >= 0.3 is 0 Å². The van der Waals surface area contributed by atoms with Gasteiger partial charge in [-0.3, -0.25) is 4.79 Å². The molecule has 0 saturated heterocycles. The van der Waals surface area contributed by atoms with E-state index in [1.165, 1.54) is 43.2 Å². The molecule has 0 spiro atoms. The number of hydrogen-bond acceptors (Lipinski definition) is 1. The van der Waals surface area contributed by atoms with E-state index in [9.17, 15) is 4.79 Å². The minimum absolute atomic E-state index is 0.215. The third kappa shape index (κ3) is 2.04. The molecule has 4 aliphatic carbocycles. The van der Waals surface area contributed by atoms with Gasteiger partial charge in [-0.1, -0.05) is 35.4 Å². The van der Waals surface area contributed by atoms with Crippen LogP contribution in [0.25, 0.3) is 0 Å². The van der Waals surface area contributed by atoms with Crippen molar-refractivity contribution in [1.82, 2.24) is 0 Å². The highest BCUT2D eigenvalue weighted by atomic mass is 16.1. The van der Waals surface area contributed by atoms with Gasteiger partial charge in [-0.25, -0.2) is 0 Å². The fourth-order valence-corrected chi connectivity index (χ4v) is 4.92. The smallest absolute Gasteiger partial charge is 0.185 e. The second kappa shape index (κ2) is 4.58. The molecule has 0 amide bonds. The lowest BCUT2D eigenvalue weighted by Gasteiger charge is -2.51. The summed E-state index contributed by atoms with van der Waals surface area (Å²) in [5.74, 6) is 3.59. The third-order valence-electron chi connectivity index (χ3n) is 5.71. The van der Waals surface area contributed by atoms with Crippen molar-refractivity contribution in [2.45, 2.75) is 39.0 Å². The molecule has 0 aromatic heterocycles. The summed E-state index contributed by atoms with van der Waals surface area (Å²) >= 11 is 0. The summed E-state index contributed by atoms with van der Waals surface area (Å²) in [5.41, 5.74) is 3.54. The van der Waals surface area contributed by atoms with Crippen LogP contribution in [0.2, 0.25) is 0 Å². The number of carbonyl (C=O) groups excluding carboxylic acids is 1. The highest BCUT2D eigenvalue weighted by molar-refractivity contribution is 6.05. The van der Waals surface area contributed by atoms with Crippen molar-refractivity contribution in [2.24, 2.45) is 23.7 Å². The van der Waals surface area contributed by atoms with E-state index < -0.39 is 0 Å². The lowest BCUT2D eigenvalue weighted by atomic mass is 9.54. The Labute approximate surface area is 121 Å². The van der Waals surface area contributed by atoms with Crippen LogP contribution in [0.15, 0.2) is 35.9 Å². The Balaban J connectivity index is 1.60. The van der Waals surface area contributed by atoms with Crippen LogP contribution in [0.3, 0.4) is 0 Å². The van der Waals surface area contributed by atoms with Crippen LogP contribution in [-0.4, -0.2) is 5.78 Å². The third-order valence-corrected chi connectivity index (χ3v) is 5.71. The van der Waals surface area contributed by atoms with E-state index in [2.05, 4.69) is 6.92 Å². The second-order valence-corrected chi connectivity index (χ2v) is 7.18. The fourth-order valence-electron chi connectivity index (χ4n) is 4.92. The molecule has 0 N–H and O–H groups in total. The zero-order valence-corrected chi connectivity index (χ0v) is 12.1. The molecule has 0 heterocycles. The summed E-state index contributed by atoms with van der Waals surface area (Å²) in [6, 6.07) is 7.99. The molecule has 1 aromatic rings. The van der Waals surface area contributed by atoms with Crippen molar-refractivity contribution in [2.75, 3.05) is 0 Å². The summed E-state index contributed by atoms with van der Waals surface area (Å²) in [4.78, 5) is 12.5. The van der Waals surface area contributed by atoms with E-state index in [4.69, 9.17) is 0 Å². The van der Waals surface area contributed by atoms with Crippen LogP contribution in [0.4, 0.5) is 0 Å². The summed E-state index contributed by atoms with van der Waals surface area (Å²) in [6.07, 6.45) is 8.85. The molecule has 1 aromatic carbocycles. The largest absolute Gasteiger partial charge is 0.289 e. The van der Waals surface area contributed by atoms with Crippen molar-refractivity contribution in [3.63, 3.8) is 0 Å². The van der Waals surface area contributed by atoms with E-state index in [0.717, 1.165) is 29.2 Å². The van der Waals surface area contributed by atoms with Gasteiger partial charge < -0.3 is 0 Å². The van der Waals surface area contributed by atoms with Gasteiger partial charge in [0.05, 0.1) is 0 Å². The number of carbonyl (C=O) groups is 1. The number of allylic oxidation sites excluding steroid dienone is 2. The Morgan fingerprint density at radius 3 is 2.05 bits per heavy atom. The number of hydrogen-bond donors (Lipinski definition) is 0. The Hall–Kier alpha value is -1.37. The van der Waals surface area contributed by atoms with Crippen LogP contribution in [0.5, 0.6) is 0 Å². The first-order chi connectivity index (χ1) is 9.69. The van der Waals surface area contributed by atoms with Crippen molar-refractivity contribution in [3.05, 3.63) is 47.0 Å². The van der Waals surface area contributed by atoms with Gasteiger partial charge in [0.2, 0.25) is 0 Å². The molecule has 1 heteroatoms. The maximum absolute atomic E-state index is 12.5. The number of benzene rings is 1. The van der Waals surface area contributed by atoms with Gasteiger partial charge in [-0.15, -0.1) is 0 Å². The van der Waals surface area contributed by atoms with Crippen LogP contribution in [0, 0.1) is 30.6 Å². The molecule has 4 aliphatic rings. The molecule has 0 unspecified atom stereocenters. The van der Waals surface area contributed by atoms with Crippen molar-refractivity contribution >= 4 is 5.78 Å². The number of rotatable bonds is 2. The maximum Gasteiger partial charge on any atom is 0.185 e. The molecule has 5 rings (SSSR count). The molecule has 4 fully saturated rings. The SMILES string of the molecule is Cc1ccc(C(=O)C=C2C3CC4CC(C3)CC2C4)cc1. The van der Waals surface area contributed by atoms with Crippen LogP contribution < -0.4 is 0 Å². The maximum atomic E-state index is 12.5. The molecule has 1 nitrogen and oxygen atoms in total. The van der Waals surface area contributed by atoms with E-state index in [1.54, 1.807) is 0 Å². The van der Waals surface area contributed by atoms with Gasteiger partial charge in [0.25, 0.3) is 0 Å². The zero-order valence-electron chi connectivity index (χ0n) is 12.1. The topological polar surface area (TPSA) is 17.1 Å². The number of aryl methyl sites for hydroxylation is 1. The minimum atomic E-state index is 0.215. The Kier molecular flexibility index (Phi) is 2.83. The zero-order chi connectivity index (χ0) is 13.7. The van der Waals surface area contributed by atoms with Crippen LogP contribution in [0.1, 0.15) is 48.0 Å². The molecule has 104 valence electrons. The quantitative estimate of drug-likeness (QED) is 0.566. The highest BCUT2D eigenvalue weighted by Gasteiger charge is 2.45. The highest BCUT2D eigenvalue weighted by Crippen LogP contribution is 2.56. The molecule has 0 radical (unpaired) electrons. The lowest BCUT2D eigenvalue weighted by Crippen LogP contribution is -2.40. The molecule has 0 aliphatic heterocycles. The Morgan fingerprint density at radius 1 is 0.950 bits per heavy atom. The average Bonchev–Trinajstić information content (AvgIpc) is 2.42. The Bertz CT molecular complexity index is 534. The molecule has 4 saturated carbocycles. The van der Waals surface area contributed by atoms with E-state index >= 15 is 0 Å². The van der Waals surface area contributed by atoms with E-state index in [1.807, 2.05) is 30.3 Å². The summed E-state index contributed by atoms with van der Waals surface area (Å²) in [6.45, 7) is 2.06. The molecule has 20 heavy (non-hydrogen) atoms. The van der Waals surface area contributed by atoms with Gasteiger partial charge in [0.15, 0.2) is 5.78 Å². The van der Waals surface area contributed by atoms with Crippen LogP contribution in [-0.2, 0) is 0 Å². The van der Waals surface area contributed by atoms with Crippen molar-refractivity contribution < 1.29 is 4.79 Å². The first kappa shape index (κ1) is 12.4. The van der Waals surface area contributed by atoms with E-state index in [0.29, 0.717) is 0 Å². The number of ketones is 1. The van der Waals surface area contributed by atoms with Gasteiger partial charge in [0, 0.05) is 5.56 Å². The Morgan fingerprint density at radius 2 is 1.50 bits per heavy atom. The predicted octanol–water partition coefficient (Wildman–Crippen LogP) is 4.56. The predicted molar refractivity (Wildman–Crippen MR) is 80.6 cm³/mol. The lowest BCUT2D eigenvalue weighted by molar-refractivity contribution is 0.0686. The van der Waals surface area contributed by atoms with E-state index in [-0.39, 0.29) is 5.78 Å². The standard InChI is InChI=1S/C19H22O/c1-12-2-4-15(5-3-12)19(20)11-18-16-7-13-6-14(9-16)10-17(18)8-13/h2-5,11,13-14,16-17H,6-10H2,1H3. The summed E-state index contributed by atoms with van der Waals surface area (Å²) < 4.78 is 0.